The number of carbonyl (C=O) groups is 1. The van der Waals surface area contributed by atoms with Crippen LogP contribution in [0.2, 0.25) is 5.02 Å². The topological polar surface area (TPSA) is 91.1 Å². The molecule has 1 aromatic carbocycles. The minimum absolute atomic E-state index is 0.0928. The molecule has 2 aromatic heterocycles. The average Bonchev–Trinajstić information content (AvgIpc) is 3.07. The molecule has 28 heavy (non-hydrogen) atoms. The first-order chi connectivity index (χ1) is 13.2. The Kier molecular flexibility index (Phi) is 6.34. The van der Waals surface area contributed by atoms with Gasteiger partial charge in [-0.25, -0.2) is 0 Å². The summed E-state index contributed by atoms with van der Waals surface area (Å²) in [5, 5.41) is 8.25. The molecule has 1 unspecified atom stereocenters. The number of fused-ring (bicyclic) bond motifs is 1. The highest BCUT2D eigenvalue weighted by Crippen LogP contribution is 2.39. The number of nitrogens with one attached hydrogen (secondary N) is 1. The van der Waals surface area contributed by atoms with Gasteiger partial charge in [-0.3, -0.25) is 4.79 Å². The number of rotatable bonds is 6. The molecule has 0 spiro atoms. The molecule has 6 nitrogen and oxygen atoms in total. The third-order valence-corrected chi connectivity index (χ3v) is 6.44. The number of hydrogen-bond acceptors (Lipinski definition) is 6. The van der Waals surface area contributed by atoms with E-state index in [0.29, 0.717) is 43.1 Å². The van der Waals surface area contributed by atoms with Crippen molar-refractivity contribution < 1.29 is 13.9 Å². The van der Waals surface area contributed by atoms with Crippen molar-refractivity contribution in [1.29, 1.82) is 0 Å². The highest BCUT2D eigenvalue weighted by molar-refractivity contribution is 9.10. The van der Waals surface area contributed by atoms with E-state index in [1.807, 2.05) is 0 Å². The van der Waals surface area contributed by atoms with E-state index in [2.05, 4.69) is 31.4 Å². The van der Waals surface area contributed by atoms with Crippen molar-refractivity contribution in [1.82, 2.24) is 10.1 Å². The summed E-state index contributed by atoms with van der Waals surface area (Å²) in [5.41, 5.74) is 1.90. The van der Waals surface area contributed by atoms with Crippen molar-refractivity contribution in [2.45, 2.75) is 31.6 Å². The fourth-order valence-electron chi connectivity index (χ4n) is 2.90. The van der Waals surface area contributed by atoms with Crippen molar-refractivity contribution in [2.24, 2.45) is 5.92 Å². The molecule has 0 radical (unpaired) electrons. The highest BCUT2D eigenvalue weighted by Gasteiger charge is 2.31. The van der Waals surface area contributed by atoms with Crippen LogP contribution in [0.15, 0.2) is 32.2 Å². The molecular formula is C19H19BrClN3O3S. The maximum Gasteiger partial charge on any atom is 0.258 e. The molecule has 148 valence electrons. The first kappa shape index (κ1) is 21.1. The number of Topliss-reactive ketones (excluding diaryl/α,β-unsaturated/α-hetero) is 1. The molecule has 0 amide bonds. The van der Waals surface area contributed by atoms with Crippen molar-refractivity contribution in [3.05, 3.63) is 44.7 Å². The van der Waals surface area contributed by atoms with Gasteiger partial charge in [0, 0.05) is 40.1 Å². The number of nitrogens with zero attached hydrogens (tertiary/aromatic N) is 2. The van der Waals surface area contributed by atoms with Gasteiger partial charge in [0.15, 0.2) is 11.5 Å². The second-order valence-corrected chi connectivity index (χ2v) is 9.24. The Balaban J connectivity index is 2.28. The van der Waals surface area contributed by atoms with E-state index >= 15 is 0 Å². The number of aryl methyl sites for hydroxylation is 1. The number of halogens is 2. The van der Waals surface area contributed by atoms with E-state index in [4.69, 9.17) is 16.1 Å². The lowest BCUT2D eigenvalue weighted by atomic mass is 9.99. The molecule has 0 saturated heterocycles. The van der Waals surface area contributed by atoms with Gasteiger partial charge in [0.25, 0.3) is 5.03 Å². The number of aromatic nitrogens is 2. The van der Waals surface area contributed by atoms with Crippen LogP contribution in [0.5, 0.6) is 0 Å². The SMILES string of the molecule is CNc1c(C(=O)C(C)C)c([S+]([O-])Cc2cc(C)on2)nc2c(Br)ccc(Cl)c12. The Labute approximate surface area is 179 Å². The van der Waals surface area contributed by atoms with Crippen molar-refractivity contribution in [3.63, 3.8) is 0 Å². The van der Waals surface area contributed by atoms with Gasteiger partial charge >= 0.3 is 0 Å². The van der Waals surface area contributed by atoms with Crippen LogP contribution >= 0.6 is 27.5 Å². The summed E-state index contributed by atoms with van der Waals surface area (Å²) in [6.07, 6.45) is 0. The Bertz CT molecular complexity index is 1050. The largest absolute Gasteiger partial charge is 0.610 e. The highest BCUT2D eigenvalue weighted by atomic mass is 79.9. The molecule has 0 fully saturated rings. The molecule has 0 bridgehead atoms. The van der Waals surface area contributed by atoms with Crippen LogP contribution in [0.4, 0.5) is 5.69 Å². The van der Waals surface area contributed by atoms with Gasteiger partial charge in [-0.2, -0.15) is 4.98 Å². The van der Waals surface area contributed by atoms with Crippen LogP contribution < -0.4 is 5.32 Å². The molecule has 2 heterocycles. The summed E-state index contributed by atoms with van der Waals surface area (Å²) in [6.45, 7) is 5.35. The molecule has 9 heteroatoms. The fourth-order valence-corrected chi connectivity index (χ4v) is 4.73. The van der Waals surface area contributed by atoms with Gasteiger partial charge in [0.05, 0.1) is 16.2 Å². The lowest BCUT2D eigenvalue weighted by Gasteiger charge is -2.19. The van der Waals surface area contributed by atoms with Gasteiger partial charge in [0.2, 0.25) is 0 Å². The Morgan fingerprint density at radius 3 is 2.71 bits per heavy atom. The van der Waals surface area contributed by atoms with Crippen LogP contribution in [0, 0.1) is 12.8 Å². The van der Waals surface area contributed by atoms with Gasteiger partial charge in [-0.05, 0) is 35.0 Å². The normalized spacial score (nSPS) is 12.6. The molecule has 0 saturated carbocycles. The predicted molar refractivity (Wildman–Crippen MR) is 115 cm³/mol. The molecule has 3 rings (SSSR count). The summed E-state index contributed by atoms with van der Waals surface area (Å²) in [7, 11) is 1.71. The van der Waals surface area contributed by atoms with Crippen molar-refractivity contribution in [2.75, 3.05) is 12.4 Å². The zero-order valence-corrected chi connectivity index (χ0v) is 19.0. The minimum atomic E-state index is -1.61. The predicted octanol–water partition coefficient (Wildman–Crippen LogP) is 5.14. The lowest BCUT2D eigenvalue weighted by molar-refractivity contribution is 0.0936. The van der Waals surface area contributed by atoms with Gasteiger partial charge in [-0.1, -0.05) is 30.6 Å². The average molecular weight is 485 g/mol. The minimum Gasteiger partial charge on any atom is -0.610 e. The van der Waals surface area contributed by atoms with E-state index in [1.54, 1.807) is 46.0 Å². The molecule has 3 aromatic rings. The van der Waals surface area contributed by atoms with E-state index in [0.717, 1.165) is 0 Å². The maximum absolute atomic E-state index is 13.2. The molecule has 1 atom stereocenters. The number of hydrogen-bond donors (Lipinski definition) is 1. The summed E-state index contributed by atoms with van der Waals surface area (Å²) in [5.74, 6) is 0.259. The molecule has 0 aliphatic rings. The second kappa shape index (κ2) is 8.41. The van der Waals surface area contributed by atoms with E-state index in [-0.39, 0.29) is 22.5 Å². The maximum atomic E-state index is 13.2. The second-order valence-electron chi connectivity index (χ2n) is 6.61. The fraction of sp³-hybridized carbons (Fsp3) is 0.316. The number of carbonyl (C=O) groups excluding carboxylic acids is 1. The van der Waals surface area contributed by atoms with Crippen molar-refractivity contribution in [3.8, 4) is 0 Å². The Morgan fingerprint density at radius 1 is 1.43 bits per heavy atom. The van der Waals surface area contributed by atoms with Crippen LogP contribution in [-0.2, 0) is 16.9 Å². The number of ketones is 1. The third kappa shape index (κ3) is 3.91. The number of anilines is 1. The number of benzene rings is 1. The van der Waals surface area contributed by atoms with E-state index in [9.17, 15) is 9.35 Å². The van der Waals surface area contributed by atoms with Gasteiger partial charge in [0.1, 0.15) is 17.0 Å². The standard InChI is InChI=1S/C19H19BrClN3O3S/c1-9(2)18(25)15-17(22-4)14-13(21)6-5-12(20)16(14)23-19(15)28(26)8-11-7-10(3)27-24-11/h5-7,9H,8H2,1-4H3,(H,22,23). The lowest BCUT2D eigenvalue weighted by Crippen LogP contribution is -2.19. The zero-order chi connectivity index (χ0) is 20.6. The summed E-state index contributed by atoms with van der Waals surface area (Å²) < 4.78 is 19.0. The number of pyridine rings is 1. The van der Waals surface area contributed by atoms with Crippen molar-refractivity contribution >= 4 is 61.1 Å². The smallest absolute Gasteiger partial charge is 0.258 e. The first-order valence-corrected chi connectivity index (χ1v) is 11.1. The van der Waals surface area contributed by atoms with Gasteiger partial charge < -0.3 is 14.4 Å². The zero-order valence-electron chi connectivity index (χ0n) is 15.8. The van der Waals surface area contributed by atoms with E-state index < -0.39 is 11.2 Å². The first-order valence-electron chi connectivity index (χ1n) is 8.58. The molecular weight excluding hydrogens is 466 g/mol. The van der Waals surface area contributed by atoms with Crippen LogP contribution in [-0.4, -0.2) is 27.5 Å². The quantitative estimate of drug-likeness (QED) is 0.385. The van der Waals surface area contributed by atoms with Crippen LogP contribution in [0.1, 0.15) is 35.7 Å². The monoisotopic (exact) mass is 483 g/mol. The summed E-state index contributed by atoms with van der Waals surface area (Å²) in [4.78, 5) is 17.6. The van der Waals surface area contributed by atoms with Gasteiger partial charge in [-0.15, -0.1) is 0 Å². The Hall–Kier alpha value is -1.61. The van der Waals surface area contributed by atoms with E-state index in [1.165, 1.54) is 0 Å². The molecule has 0 aliphatic carbocycles. The Morgan fingerprint density at radius 2 is 2.14 bits per heavy atom. The van der Waals surface area contributed by atoms with Crippen LogP contribution in [0.3, 0.4) is 0 Å². The van der Waals surface area contributed by atoms with Crippen LogP contribution in [0.25, 0.3) is 10.9 Å². The third-order valence-electron chi connectivity index (χ3n) is 4.20. The molecule has 0 aliphatic heterocycles. The summed E-state index contributed by atoms with van der Waals surface area (Å²) >= 11 is 8.29. The summed E-state index contributed by atoms with van der Waals surface area (Å²) in [6, 6.07) is 5.22. The molecule has 1 N–H and O–H groups in total.